The number of carbonyl (C=O) groups is 1. The molecule has 1 amide bonds. The van der Waals surface area contributed by atoms with Crippen molar-refractivity contribution in [3.63, 3.8) is 0 Å². The van der Waals surface area contributed by atoms with Gasteiger partial charge < -0.3 is 15.4 Å². The maximum Gasteiger partial charge on any atom is 0.237 e. The third kappa shape index (κ3) is 3.61. The molecular formula is C14H25ClN2O2. The van der Waals surface area contributed by atoms with E-state index in [9.17, 15) is 4.79 Å². The number of fused-ring (bicyclic) bond motifs is 1. The van der Waals surface area contributed by atoms with Crippen molar-refractivity contribution < 1.29 is 9.53 Å². The normalized spacial score (nSPS) is 35.3. The molecule has 19 heavy (non-hydrogen) atoms. The quantitative estimate of drug-likeness (QED) is 0.812. The van der Waals surface area contributed by atoms with Crippen molar-refractivity contribution in [3.05, 3.63) is 0 Å². The van der Waals surface area contributed by atoms with Gasteiger partial charge in [-0.3, -0.25) is 4.79 Å². The molecule has 5 heteroatoms. The van der Waals surface area contributed by atoms with Crippen molar-refractivity contribution in [1.82, 2.24) is 10.6 Å². The lowest BCUT2D eigenvalue weighted by Crippen LogP contribution is -2.48. The first-order valence-electron chi connectivity index (χ1n) is 7.47. The Morgan fingerprint density at radius 3 is 2.58 bits per heavy atom. The van der Waals surface area contributed by atoms with Gasteiger partial charge in [0.1, 0.15) is 0 Å². The van der Waals surface area contributed by atoms with Crippen LogP contribution in [0.4, 0.5) is 0 Å². The van der Waals surface area contributed by atoms with Crippen molar-refractivity contribution in [2.45, 2.75) is 63.1 Å². The van der Waals surface area contributed by atoms with Crippen LogP contribution in [0, 0.1) is 5.92 Å². The Kier molecular flexibility index (Phi) is 5.48. The van der Waals surface area contributed by atoms with Crippen molar-refractivity contribution >= 4 is 18.3 Å². The maximum atomic E-state index is 12.2. The Balaban J connectivity index is 0.00000133. The molecule has 3 fully saturated rings. The molecule has 0 aromatic carbocycles. The third-order valence-corrected chi connectivity index (χ3v) is 4.75. The number of hydrogen-bond acceptors (Lipinski definition) is 3. The molecule has 0 bridgehead atoms. The Labute approximate surface area is 121 Å². The third-order valence-electron chi connectivity index (χ3n) is 4.75. The second kappa shape index (κ2) is 6.91. The summed E-state index contributed by atoms with van der Waals surface area (Å²) in [5.74, 6) is 0.959. The monoisotopic (exact) mass is 288 g/mol. The number of rotatable bonds is 2. The zero-order valence-corrected chi connectivity index (χ0v) is 12.2. The average Bonchev–Trinajstić information content (AvgIpc) is 2.84. The lowest BCUT2D eigenvalue weighted by Gasteiger charge is -2.25. The van der Waals surface area contributed by atoms with E-state index in [2.05, 4.69) is 10.6 Å². The Bertz CT molecular complexity index is 294. The number of amides is 1. The Morgan fingerprint density at radius 1 is 1.11 bits per heavy atom. The molecule has 0 aromatic rings. The molecule has 3 aliphatic rings. The molecule has 110 valence electrons. The van der Waals surface area contributed by atoms with E-state index in [0.717, 1.165) is 38.4 Å². The van der Waals surface area contributed by atoms with Gasteiger partial charge in [-0.2, -0.15) is 0 Å². The Morgan fingerprint density at radius 2 is 1.84 bits per heavy atom. The largest absolute Gasteiger partial charge is 0.381 e. The minimum atomic E-state index is 0. The summed E-state index contributed by atoms with van der Waals surface area (Å²) in [6.45, 7) is 1.57. The highest BCUT2D eigenvalue weighted by atomic mass is 35.5. The van der Waals surface area contributed by atoms with Crippen LogP contribution >= 0.6 is 12.4 Å². The van der Waals surface area contributed by atoms with Gasteiger partial charge in [-0.15, -0.1) is 12.4 Å². The summed E-state index contributed by atoms with van der Waals surface area (Å²) in [6, 6.07) is 0.987. The highest BCUT2D eigenvalue weighted by Crippen LogP contribution is 2.33. The smallest absolute Gasteiger partial charge is 0.237 e. The van der Waals surface area contributed by atoms with E-state index in [-0.39, 0.29) is 24.4 Å². The van der Waals surface area contributed by atoms with Crippen molar-refractivity contribution in [3.8, 4) is 0 Å². The molecule has 0 radical (unpaired) electrons. The van der Waals surface area contributed by atoms with Crippen LogP contribution in [0.25, 0.3) is 0 Å². The molecule has 2 saturated heterocycles. The zero-order chi connectivity index (χ0) is 12.4. The van der Waals surface area contributed by atoms with Gasteiger partial charge in [0.2, 0.25) is 5.91 Å². The zero-order valence-electron chi connectivity index (χ0n) is 11.4. The van der Waals surface area contributed by atoms with Crippen LogP contribution in [-0.2, 0) is 9.53 Å². The predicted octanol–water partition coefficient (Wildman–Crippen LogP) is 1.62. The van der Waals surface area contributed by atoms with E-state index in [0.29, 0.717) is 12.1 Å². The first-order valence-corrected chi connectivity index (χ1v) is 7.47. The van der Waals surface area contributed by atoms with E-state index in [1.807, 2.05) is 0 Å². The summed E-state index contributed by atoms with van der Waals surface area (Å²) in [6.07, 6.45) is 8.19. The molecule has 0 spiro atoms. The fourth-order valence-corrected chi connectivity index (χ4v) is 3.66. The van der Waals surface area contributed by atoms with Crippen LogP contribution in [0.15, 0.2) is 0 Å². The van der Waals surface area contributed by atoms with E-state index < -0.39 is 0 Å². The minimum absolute atomic E-state index is 0. The van der Waals surface area contributed by atoms with Crippen molar-refractivity contribution in [1.29, 1.82) is 0 Å². The van der Waals surface area contributed by atoms with Crippen LogP contribution in [-0.4, -0.2) is 37.2 Å². The molecule has 3 unspecified atom stereocenters. The van der Waals surface area contributed by atoms with Gasteiger partial charge in [0, 0.05) is 25.3 Å². The van der Waals surface area contributed by atoms with Crippen molar-refractivity contribution in [2.24, 2.45) is 5.92 Å². The maximum absolute atomic E-state index is 12.2. The number of halogens is 1. The van der Waals surface area contributed by atoms with E-state index in [4.69, 9.17) is 4.74 Å². The standard InChI is InChI=1S/C14H24N2O2.ClH/c17-14(15-11-5-7-18-8-6-11)13-9-10-3-1-2-4-12(10)16-13;/h10-13,16H,1-9H2,(H,15,17);1H. The highest BCUT2D eigenvalue weighted by molar-refractivity contribution is 5.85. The van der Waals surface area contributed by atoms with Gasteiger partial charge >= 0.3 is 0 Å². The number of carbonyl (C=O) groups excluding carboxylic acids is 1. The number of hydrogen-bond donors (Lipinski definition) is 2. The number of nitrogens with one attached hydrogen (secondary N) is 2. The summed E-state index contributed by atoms with van der Waals surface area (Å²) in [5, 5.41) is 6.73. The van der Waals surface area contributed by atoms with Gasteiger partial charge in [-0.25, -0.2) is 0 Å². The molecule has 3 atom stereocenters. The lowest BCUT2D eigenvalue weighted by molar-refractivity contribution is -0.124. The predicted molar refractivity (Wildman–Crippen MR) is 76.5 cm³/mol. The Hall–Kier alpha value is -0.320. The molecule has 4 nitrogen and oxygen atoms in total. The SMILES string of the molecule is Cl.O=C(NC1CCOCC1)C1CC2CCCCC2N1. The molecule has 2 aliphatic heterocycles. The van der Waals surface area contributed by atoms with Gasteiger partial charge in [0.05, 0.1) is 6.04 Å². The fraction of sp³-hybridized carbons (Fsp3) is 0.929. The van der Waals surface area contributed by atoms with Gasteiger partial charge in [-0.1, -0.05) is 12.8 Å². The molecule has 0 aromatic heterocycles. The summed E-state index contributed by atoms with van der Waals surface area (Å²) in [4.78, 5) is 12.2. The number of ether oxygens (including phenoxy) is 1. The first-order chi connectivity index (χ1) is 8.83. The molecule has 3 rings (SSSR count). The highest BCUT2D eigenvalue weighted by Gasteiger charge is 2.38. The van der Waals surface area contributed by atoms with Gasteiger partial charge in [-0.05, 0) is 38.0 Å². The second-order valence-electron chi connectivity index (χ2n) is 6.00. The van der Waals surface area contributed by atoms with Crippen LogP contribution in [0.5, 0.6) is 0 Å². The van der Waals surface area contributed by atoms with E-state index >= 15 is 0 Å². The van der Waals surface area contributed by atoms with E-state index in [1.165, 1.54) is 25.7 Å². The minimum Gasteiger partial charge on any atom is -0.381 e. The first kappa shape index (κ1) is 15.1. The molecule has 2 heterocycles. The fourth-order valence-electron chi connectivity index (χ4n) is 3.66. The van der Waals surface area contributed by atoms with Crippen LogP contribution in [0.3, 0.4) is 0 Å². The van der Waals surface area contributed by atoms with Gasteiger partial charge in [0.25, 0.3) is 0 Å². The van der Waals surface area contributed by atoms with Crippen LogP contribution in [0.2, 0.25) is 0 Å². The van der Waals surface area contributed by atoms with Crippen molar-refractivity contribution in [2.75, 3.05) is 13.2 Å². The summed E-state index contributed by atoms with van der Waals surface area (Å²) in [7, 11) is 0. The molecule has 2 N–H and O–H groups in total. The van der Waals surface area contributed by atoms with E-state index in [1.54, 1.807) is 0 Å². The lowest BCUT2D eigenvalue weighted by atomic mass is 9.85. The molecule has 1 aliphatic carbocycles. The summed E-state index contributed by atoms with van der Waals surface area (Å²) in [5.41, 5.74) is 0. The van der Waals surface area contributed by atoms with Crippen LogP contribution in [0.1, 0.15) is 44.9 Å². The summed E-state index contributed by atoms with van der Waals surface area (Å²) >= 11 is 0. The van der Waals surface area contributed by atoms with Gasteiger partial charge in [0.15, 0.2) is 0 Å². The summed E-state index contributed by atoms with van der Waals surface area (Å²) < 4.78 is 5.32. The average molecular weight is 289 g/mol. The molecular weight excluding hydrogens is 264 g/mol. The second-order valence-corrected chi connectivity index (χ2v) is 6.00. The topological polar surface area (TPSA) is 50.4 Å². The van der Waals surface area contributed by atoms with Crippen LogP contribution < -0.4 is 10.6 Å². The molecule has 1 saturated carbocycles.